The molecule has 1 heterocycles. The summed E-state index contributed by atoms with van der Waals surface area (Å²) >= 11 is 9.14. The maximum atomic E-state index is 13.5. The summed E-state index contributed by atoms with van der Waals surface area (Å²) < 4.78 is 13.9. The number of hydrogen-bond acceptors (Lipinski definition) is 4. The highest BCUT2D eigenvalue weighted by Gasteiger charge is 2.07. The molecule has 0 aliphatic rings. The number of nitrogens with zero attached hydrogens (tertiary/aromatic N) is 2. The van der Waals surface area contributed by atoms with Gasteiger partial charge in [-0.1, -0.05) is 18.5 Å². The van der Waals surface area contributed by atoms with Gasteiger partial charge in [0.1, 0.15) is 10.8 Å². The van der Waals surface area contributed by atoms with Crippen LogP contribution in [0.2, 0.25) is 5.02 Å². The zero-order valence-electron chi connectivity index (χ0n) is 10.8. The molecule has 20 heavy (non-hydrogen) atoms. The monoisotopic (exact) mass is 358 g/mol. The predicted molar refractivity (Wildman–Crippen MR) is 83.2 cm³/mol. The summed E-state index contributed by atoms with van der Waals surface area (Å²) in [7, 11) is 0. The van der Waals surface area contributed by atoms with E-state index in [4.69, 9.17) is 11.6 Å². The minimum Gasteiger partial charge on any atom is -0.354 e. The van der Waals surface area contributed by atoms with Crippen molar-refractivity contribution in [3.05, 3.63) is 39.7 Å². The lowest BCUT2D eigenvalue weighted by Gasteiger charge is -2.10. The first kappa shape index (κ1) is 15.0. The number of rotatable bonds is 5. The van der Waals surface area contributed by atoms with Gasteiger partial charge in [-0.3, -0.25) is 0 Å². The summed E-state index contributed by atoms with van der Waals surface area (Å²) in [5.41, 5.74) is 0.563. The lowest BCUT2D eigenvalue weighted by molar-refractivity contribution is 0.622. The van der Waals surface area contributed by atoms with Crippen LogP contribution in [0.15, 0.2) is 28.9 Å². The molecule has 2 N–H and O–H groups in total. The van der Waals surface area contributed by atoms with Gasteiger partial charge in [0, 0.05) is 12.2 Å². The number of halogens is 3. The summed E-state index contributed by atoms with van der Waals surface area (Å²) in [6.45, 7) is 2.82. The number of benzene rings is 1. The fraction of sp³-hybridized carbons (Fsp3) is 0.231. The number of nitrogens with one attached hydrogen (secondary N) is 2. The van der Waals surface area contributed by atoms with Crippen LogP contribution in [0.3, 0.4) is 0 Å². The van der Waals surface area contributed by atoms with E-state index in [9.17, 15) is 4.39 Å². The maximum Gasteiger partial charge on any atom is 0.224 e. The Morgan fingerprint density at radius 3 is 2.90 bits per heavy atom. The van der Waals surface area contributed by atoms with E-state index in [0.29, 0.717) is 26.9 Å². The molecular weight excluding hydrogens is 347 g/mol. The number of hydrogen-bond donors (Lipinski definition) is 2. The summed E-state index contributed by atoms with van der Waals surface area (Å²) in [4.78, 5) is 8.33. The van der Waals surface area contributed by atoms with Crippen LogP contribution in [-0.2, 0) is 0 Å². The van der Waals surface area contributed by atoms with Crippen molar-refractivity contribution >= 4 is 45.0 Å². The molecule has 0 atom stereocenters. The standard InChI is InChI=1S/C13H13BrClFN4/c1-2-5-17-13-18-7-10(15)12(20-13)19-8-3-4-9(14)11(16)6-8/h3-4,6-7H,2,5H2,1H3,(H2,17,18,19,20). The molecule has 0 saturated heterocycles. The van der Waals surface area contributed by atoms with Gasteiger partial charge in [0.05, 0.1) is 10.7 Å². The molecule has 0 radical (unpaired) electrons. The van der Waals surface area contributed by atoms with Gasteiger partial charge in [-0.15, -0.1) is 0 Å². The largest absolute Gasteiger partial charge is 0.354 e. The molecule has 0 bridgehead atoms. The van der Waals surface area contributed by atoms with Crippen molar-refractivity contribution in [1.29, 1.82) is 0 Å². The molecular formula is C13H13BrClFN4. The molecule has 0 aliphatic carbocycles. The zero-order valence-corrected chi connectivity index (χ0v) is 13.1. The first-order chi connectivity index (χ1) is 9.60. The third kappa shape index (κ3) is 3.80. The molecule has 2 rings (SSSR count). The van der Waals surface area contributed by atoms with Crippen molar-refractivity contribution in [3.8, 4) is 0 Å². The Morgan fingerprint density at radius 1 is 1.40 bits per heavy atom. The van der Waals surface area contributed by atoms with E-state index in [1.165, 1.54) is 12.3 Å². The average molecular weight is 360 g/mol. The second-order valence-electron chi connectivity index (χ2n) is 4.07. The van der Waals surface area contributed by atoms with Gasteiger partial charge in [-0.05, 0) is 40.5 Å². The Bertz CT molecular complexity index is 609. The molecule has 0 saturated carbocycles. The molecule has 7 heteroatoms. The Hall–Kier alpha value is -1.40. The van der Waals surface area contributed by atoms with E-state index >= 15 is 0 Å². The second kappa shape index (κ2) is 6.85. The van der Waals surface area contributed by atoms with Gasteiger partial charge in [0.2, 0.25) is 5.95 Å². The Kier molecular flexibility index (Phi) is 5.14. The van der Waals surface area contributed by atoms with Crippen LogP contribution in [0, 0.1) is 5.82 Å². The highest BCUT2D eigenvalue weighted by Crippen LogP contribution is 2.26. The van der Waals surface area contributed by atoms with Crippen LogP contribution < -0.4 is 10.6 Å². The zero-order chi connectivity index (χ0) is 14.5. The lowest BCUT2D eigenvalue weighted by atomic mass is 10.3. The van der Waals surface area contributed by atoms with E-state index < -0.39 is 0 Å². The Labute approximate surface area is 129 Å². The minimum atomic E-state index is -0.357. The SMILES string of the molecule is CCCNc1ncc(Cl)c(Nc2ccc(Br)c(F)c2)n1. The maximum absolute atomic E-state index is 13.5. The molecule has 0 aliphatic heterocycles. The molecule has 0 spiro atoms. The molecule has 0 amide bonds. The minimum absolute atomic E-state index is 0.357. The van der Waals surface area contributed by atoms with Gasteiger partial charge in [0.25, 0.3) is 0 Å². The smallest absolute Gasteiger partial charge is 0.224 e. The molecule has 1 aromatic heterocycles. The van der Waals surface area contributed by atoms with Crippen molar-refractivity contribution in [2.75, 3.05) is 17.2 Å². The third-order valence-electron chi connectivity index (χ3n) is 2.46. The van der Waals surface area contributed by atoms with E-state index in [-0.39, 0.29) is 5.82 Å². The van der Waals surface area contributed by atoms with Crippen molar-refractivity contribution in [3.63, 3.8) is 0 Å². The fourth-order valence-corrected chi connectivity index (χ4v) is 1.87. The van der Waals surface area contributed by atoms with Gasteiger partial charge in [0.15, 0.2) is 5.82 Å². The highest BCUT2D eigenvalue weighted by molar-refractivity contribution is 9.10. The van der Waals surface area contributed by atoms with Crippen LogP contribution in [0.1, 0.15) is 13.3 Å². The van der Waals surface area contributed by atoms with Crippen LogP contribution in [0.25, 0.3) is 0 Å². The van der Waals surface area contributed by atoms with Crippen LogP contribution >= 0.6 is 27.5 Å². The van der Waals surface area contributed by atoms with Gasteiger partial charge < -0.3 is 10.6 Å². The van der Waals surface area contributed by atoms with Crippen LogP contribution in [-0.4, -0.2) is 16.5 Å². The summed E-state index contributed by atoms with van der Waals surface area (Å²) in [5, 5.41) is 6.41. The molecule has 106 valence electrons. The molecule has 0 fully saturated rings. The normalized spacial score (nSPS) is 10.4. The van der Waals surface area contributed by atoms with E-state index in [2.05, 4.69) is 36.5 Å². The van der Waals surface area contributed by atoms with E-state index in [1.807, 2.05) is 6.92 Å². The second-order valence-corrected chi connectivity index (χ2v) is 5.33. The van der Waals surface area contributed by atoms with Gasteiger partial charge >= 0.3 is 0 Å². The number of aromatic nitrogens is 2. The molecule has 0 unspecified atom stereocenters. The molecule has 4 nitrogen and oxygen atoms in total. The molecule has 2 aromatic rings. The fourth-order valence-electron chi connectivity index (χ4n) is 1.49. The van der Waals surface area contributed by atoms with E-state index in [1.54, 1.807) is 12.1 Å². The highest BCUT2D eigenvalue weighted by atomic mass is 79.9. The summed E-state index contributed by atoms with van der Waals surface area (Å²) in [6, 6.07) is 4.70. The predicted octanol–water partition coefficient (Wildman–Crippen LogP) is 4.60. The Morgan fingerprint density at radius 2 is 2.20 bits per heavy atom. The van der Waals surface area contributed by atoms with E-state index in [0.717, 1.165) is 13.0 Å². The summed E-state index contributed by atoms with van der Waals surface area (Å²) in [6.07, 6.45) is 2.47. The first-order valence-corrected chi connectivity index (χ1v) is 7.25. The lowest BCUT2D eigenvalue weighted by Crippen LogP contribution is -2.06. The van der Waals surface area contributed by atoms with Crippen LogP contribution in [0.5, 0.6) is 0 Å². The molecule has 1 aromatic carbocycles. The summed E-state index contributed by atoms with van der Waals surface area (Å²) in [5.74, 6) is 0.558. The van der Waals surface area contributed by atoms with Crippen LogP contribution in [0.4, 0.5) is 21.8 Å². The van der Waals surface area contributed by atoms with Gasteiger partial charge in [-0.2, -0.15) is 4.98 Å². The first-order valence-electron chi connectivity index (χ1n) is 6.08. The van der Waals surface area contributed by atoms with Crippen molar-refractivity contribution in [1.82, 2.24) is 9.97 Å². The van der Waals surface area contributed by atoms with Crippen molar-refractivity contribution in [2.45, 2.75) is 13.3 Å². The van der Waals surface area contributed by atoms with Crippen molar-refractivity contribution in [2.24, 2.45) is 0 Å². The van der Waals surface area contributed by atoms with Gasteiger partial charge in [-0.25, -0.2) is 9.37 Å². The average Bonchev–Trinajstić information content (AvgIpc) is 2.44. The number of anilines is 3. The van der Waals surface area contributed by atoms with Crippen molar-refractivity contribution < 1.29 is 4.39 Å². The topological polar surface area (TPSA) is 49.8 Å². The third-order valence-corrected chi connectivity index (χ3v) is 3.38. The quantitative estimate of drug-likeness (QED) is 0.819. The Balaban J connectivity index is 2.20.